The van der Waals surface area contributed by atoms with Gasteiger partial charge in [-0.1, -0.05) is 30.0 Å². The average Bonchev–Trinajstić information content (AvgIpc) is 2.76. The summed E-state index contributed by atoms with van der Waals surface area (Å²) in [5.41, 5.74) is 1.00. The van der Waals surface area contributed by atoms with Crippen molar-refractivity contribution in [3.05, 3.63) is 87.0 Å². The average molecular weight is 499 g/mol. The molecule has 2 aromatic heterocycles. The highest BCUT2D eigenvalue weighted by molar-refractivity contribution is 9.10. The number of aromatic nitrogens is 3. The summed E-state index contributed by atoms with van der Waals surface area (Å²) in [4.78, 5) is 34.3. The number of nitrogens with zero attached hydrogens (tertiary/aromatic N) is 3. The maximum absolute atomic E-state index is 14.2. The van der Waals surface area contributed by atoms with Gasteiger partial charge in [0.05, 0.1) is 22.3 Å². The predicted octanol–water partition coefficient (Wildman–Crippen LogP) is 4.72. The molecule has 0 spiro atoms. The first-order valence-corrected chi connectivity index (χ1v) is 11.0. The van der Waals surface area contributed by atoms with Crippen LogP contribution in [-0.4, -0.2) is 26.2 Å². The number of aryl methyl sites for hydroxylation is 1. The van der Waals surface area contributed by atoms with Crippen molar-refractivity contribution in [3.63, 3.8) is 0 Å². The number of thioether (sulfide) groups is 1. The van der Waals surface area contributed by atoms with Crippen LogP contribution in [0.3, 0.4) is 0 Å². The highest BCUT2D eigenvalue weighted by atomic mass is 79.9. The summed E-state index contributed by atoms with van der Waals surface area (Å²) in [5, 5.41) is 3.41. The van der Waals surface area contributed by atoms with Crippen molar-refractivity contribution in [3.8, 4) is 5.69 Å². The molecule has 31 heavy (non-hydrogen) atoms. The fraction of sp³-hybridized carbons (Fsp3) is 0.0909. The second-order valence-corrected chi connectivity index (χ2v) is 8.54. The molecule has 9 heteroatoms. The first-order chi connectivity index (χ1) is 14.9. The van der Waals surface area contributed by atoms with E-state index in [4.69, 9.17) is 0 Å². The molecule has 156 valence electrons. The van der Waals surface area contributed by atoms with E-state index < -0.39 is 5.82 Å². The van der Waals surface area contributed by atoms with Crippen molar-refractivity contribution < 1.29 is 9.18 Å². The number of hydrogen-bond donors (Lipinski definition) is 1. The van der Waals surface area contributed by atoms with Crippen LogP contribution < -0.4 is 10.9 Å². The van der Waals surface area contributed by atoms with Gasteiger partial charge in [-0.2, -0.15) is 0 Å². The summed E-state index contributed by atoms with van der Waals surface area (Å²) in [6.07, 6.45) is 1.58. The van der Waals surface area contributed by atoms with E-state index in [0.717, 1.165) is 16.2 Å². The standard InChI is InChI=1S/C22H16BrFN4O2S/c1-13-6-8-15(10-17(13)24)28-21(30)16-4-2-3-5-18(16)26-22(28)31-12-20(29)27-19-9-7-14(23)11-25-19/h2-11H,12H2,1H3,(H,25,27,29). The zero-order valence-electron chi connectivity index (χ0n) is 16.3. The van der Waals surface area contributed by atoms with Crippen LogP contribution in [0.25, 0.3) is 16.6 Å². The number of pyridine rings is 1. The molecule has 1 N–H and O–H groups in total. The van der Waals surface area contributed by atoms with Crippen LogP contribution in [0.15, 0.2) is 75.2 Å². The Morgan fingerprint density at radius 1 is 1.19 bits per heavy atom. The van der Waals surface area contributed by atoms with Gasteiger partial charge >= 0.3 is 0 Å². The Balaban J connectivity index is 1.68. The number of rotatable bonds is 5. The van der Waals surface area contributed by atoms with E-state index in [9.17, 15) is 14.0 Å². The van der Waals surface area contributed by atoms with E-state index in [-0.39, 0.29) is 17.2 Å². The Hall–Kier alpha value is -3.04. The number of fused-ring (bicyclic) bond motifs is 1. The number of amides is 1. The maximum atomic E-state index is 14.2. The molecule has 0 radical (unpaired) electrons. The van der Waals surface area contributed by atoms with Gasteiger partial charge in [-0.05, 0) is 64.8 Å². The van der Waals surface area contributed by atoms with Gasteiger partial charge in [-0.15, -0.1) is 0 Å². The first kappa shape index (κ1) is 21.2. The van der Waals surface area contributed by atoms with Crippen molar-refractivity contribution in [2.75, 3.05) is 11.1 Å². The third-order valence-corrected chi connectivity index (χ3v) is 5.89. The highest BCUT2D eigenvalue weighted by Gasteiger charge is 2.16. The number of anilines is 1. The van der Waals surface area contributed by atoms with Crippen LogP contribution in [0, 0.1) is 12.7 Å². The molecule has 4 rings (SSSR count). The minimum Gasteiger partial charge on any atom is -0.310 e. The number of benzene rings is 2. The van der Waals surface area contributed by atoms with Crippen molar-refractivity contribution in [1.82, 2.24) is 14.5 Å². The molecule has 0 bridgehead atoms. The molecule has 2 heterocycles. The fourth-order valence-corrected chi connectivity index (χ4v) is 3.96. The molecule has 0 saturated carbocycles. The highest BCUT2D eigenvalue weighted by Crippen LogP contribution is 2.23. The molecule has 0 fully saturated rings. The van der Waals surface area contributed by atoms with Crippen LogP contribution in [0.4, 0.5) is 10.2 Å². The molecule has 6 nitrogen and oxygen atoms in total. The molecule has 4 aromatic rings. The molecule has 0 unspecified atom stereocenters. The topological polar surface area (TPSA) is 76.9 Å². The first-order valence-electron chi connectivity index (χ1n) is 9.25. The number of carbonyl (C=O) groups is 1. The van der Waals surface area contributed by atoms with Gasteiger partial charge in [0.15, 0.2) is 5.16 Å². The molecule has 1 amide bonds. The third-order valence-electron chi connectivity index (χ3n) is 4.49. The predicted molar refractivity (Wildman–Crippen MR) is 123 cm³/mol. The second kappa shape index (κ2) is 8.99. The van der Waals surface area contributed by atoms with E-state index in [0.29, 0.717) is 33.1 Å². The van der Waals surface area contributed by atoms with E-state index in [2.05, 4.69) is 31.2 Å². The van der Waals surface area contributed by atoms with E-state index >= 15 is 0 Å². The lowest BCUT2D eigenvalue weighted by molar-refractivity contribution is -0.113. The van der Waals surface area contributed by atoms with Crippen LogP contribution in [0.5, 0.6) is 0 Å². The Kier molecular flexibility index (Phi) is 6.15. The third kappa shape index (κ3) is 4.67. The minimum atomic E-state index is -0.424. The summed E-state index contributed by atoms with van der Waals surface area (Å²) >= 11 is 4.38. The van der Waals surface area contributed by atoms with E-state index in [1.165, 1.54) is 10.6 Å². The van der Waals surface area contributed by atoms with Crippen LogP contribution in [0.1, 0.15) is 5.56 Å². The zero-order valence-corrected chi connectivity index (χ0v) is 18.7. The van der Waals surface area contributed by atoms with Gasteiger partial charge in [0.2, 0.25) is 5.91 Å². The number of hydrogen-bond acceptors (Lipinski definition) is 5. The van der Waals surface area contributed by atoms with Gasteiger partial charge < -0.3 is 5.32 Å². The molecular formula is C22H16BrFN4O2S. The second-order valence-electron chi connectivity index (χ2n) is 6.68. The Bertz CT molecular complexity index is 1340. The van der Waals surface area contributed by atoms with Crippen molar-refractivity contribution in [1.29, 1.82) is 0 Å². The quantitative estimate of drug-likeness (QED) is 0.318. The lowest BCUT2D eigenvalue weighted by atomic mass is 10.2. The Morgan fingerprint density at radius 2 is 2.00 bits per heavy atom. The normalized spacial score (nSPS) is 10.9. The molecule has 0 aliphatic rings. The van der Waals surface area contributed by atoms with E-state index in [1.807, 2.05) is 0 Å². The van der Waals surface area contributed by atoms with Crippen molar-refractivity contribution >= 4 is 50.3 Å². The van der Waals surface area contributed by atoms with Gasteiger partial charge in [0.1, 0.15) is 11.6 Å². The van der Waals surface area contributed by atoms with Crippen LogP contribution >= 0.6 is 27.7 Å². The van der Waals surface area contributed by atoms with Gasteiger partial charge in [-0.3, -0.25) is 14.2 Å². The lowest BCUT2D eigenvalue weighted by Gasteiger charge is -2.14. The summed E-state index contributed by atoms with van der Waals surface area (Å²) in [7, 11) is 0. The lowest BCUT2D eigenvalue weighted by Crippen LogP contribution is -2.23. The molecular weight excluding hydrogens is 483 g/mol. The van der Waals surface area contributed by atoms with Gasteiger partial charge in [-0.25, -0.2) is 14.4 Å². The molecule has 2 aromatic carbocycles. The maximum Gasteiger partial charge on any atom is 0.266 e. The van der Waals surface area contributed by atoms with E-state index in [1.54, 1.807) is 61.7 Å². The molecule has 0 aliphatic carbocycles. The number of para-hydroxylation sites is 1. The summed E-state index contributed by atoms with van der Waals surface area (Å²) in [5.74, 6) is -0.314. The van der Waals surface area contributed by atoms with Crippen LogP contribution in [0.2, 0.25) is 0 Å². The molecule has 0 aliphatic heterocycles. The zero-order chi connectivity index (χ0) is 22.0. The summed E-state index contributed by atoms with van der Waals surface area (Å²) < 4.78 is 16.3. The van der Waals surface area contributed by atoms with Crippen LogP contribution in [-0.2, 0) is 4.79 Å². The Labute approximate surface area is 189 Å². The number of nitrogens with one attached hydrogen (secondary N) is 1. The number of halogens is 2. The number of carbonyl (C=O) groups excluding carboxylic acids is 1. The molecule has 0 saturated heterocycles. The largest absolute Gasteiger partial charge is 0.310 e. The SMILES string of the molecule is Cc1ccc(-n2c(SCC(=O)Nc3ccc(Br)cn3)nc3ccccc3c2=O)cc1F. The fourth-order valence-electron chi connectivity index (χ4n) is 2.92. The minimum absolute atomic E-state index is 0.00311. The van der Waals surface area contributed by atoms with Crippen molar-refractivity contribution in [2.45, 2.75) is 12.1 Å². The van der Waals surface area contributed by atoms with Crippen molar-refractivity contribution in [2.24, 2.45) is 0 Å². The monoisotopic (exact) mass is 498 g/mol. The molecule has 0 atom stereocenters. The smallest absolute Gasteiger partial charge is 0.266 e. The van der Waals surface area contributed by atoms with Gasteiger partial charge in [0.25, 0.3) is 5.56 Å². The Morgan fingerprint density at radius 3 is 2.74 bits per heavy atom. The van der Waals surface area contributed by atoms with Gasteiger partial charge in [0, 0.05) is 10.7 Å². The summed E-state index contributed by atoms with van der Waals surface area (Å²) in [6.45, 7) is 1.65. The summed E-state index contributed by atoms with van der Waals surface area (Å²) in [6, 6.07) is 14.9.